The first kappa shape index (κ1) is 23.4. The maximum Gasteiger partial charge on any atom is 0.160 e. The Kier molecular flexibility index (Phi) is 4.94. The molecule has 198 valence electrons. The Labute approximate surface area is 244 Å². The molecule has 1 aliphatic heterocycles. The van der Waals surface area contributed by atoms with Crippen molar-refractivity contribution in [1.82, 2.24) is 9.97 Å². The summed E-state index contributed by atoms with van der Waals surface area (Å²) in [5, 5.41) is 1.09. The summed E-state index contributed by atoms with van der Waals surface area (Å²) in [5.74, 6) is 2.44. The summed E-state index contributed by atoms with van der Waals surface area (Å²) in [5.41, 5.74) is 11.1. The van der Waals surface area contributed by atoms with E-state index in [1.54, 1.807) is 0 Å². The van der Waals surface area contributed by atoms with E-state index in [4.69, 9.17) is 14.7 Å². The molecule has 0 saturated heterocycles. The van der Waals surface area contributed by atoms with Crippen molar-refractivity contribution in [2.45, 2.75) is 18.3 Å². The fraction of sp³-hybridized carbons (Fsp3) is 0.0769. The van der Waals surface area contributed by atoms with Crippen molar-refractivity contribution in [3.8, 4) is 34.0 Å². The second-order valence-electron chi connectivity index (χ2n) is 11.2. The number of hydrogen-bond donors (Lipinski definition) is 0. The predicted octanol–water partition coefficient (Wildman–Crippen LogP) is 9.50. The van der Waals surface area contributed by atoms with Gasteiger partial charge in [0.25, 0.3) is 0 Å². The van der Waals surface area contributed by atoms with Gasteiger partial charge in [-0.3, -0.25) is 0 Å². The van der Waals surface area contributed by atoms with E-state index in [2.05, 4.69) is 127 Å². The topological polar surface area (TPSA) is 35.0 Å². The van der Waals surface area contributed by atoms with Crippen LogP contribution in [0.4, 0.5) is 0 Å². The van der Waals surface area contributed by atoms with E-state index in [-0.39, 0.29) is 0 Å². The van der Waals surface area contributed by atoms with Gasteiger partial charge in [0.05, 0.1) is 16.6 Å². The first-order valence-electron chi connectivity index (χ1n) is 14.6. The van der Waals surface area contributed by atoms with Crippen LogP contribution in [0.3, 0.4) is 0 Å². The van der Waals surface area contributed by atoms with Gasteiger partial charge in [-0.05, 0) is 58.9 Å². The summed E-state index contributed by atoms with van der Waals surface area (Å²) in [6.07, 6.45) is 8.53. The number of nitrogens with zero attached hydrogens (tertiary/aromatic N) is 2. The molecule has 3 nitrogen and oxygen atoms in total. The number of para-hydroxylation sites is 2. The van der Waals surface area contributed by atoms with Crippen LogP contribution in [0.2, 0.25) is 0 Å². The van der Waals surface area contributed by atoms with E-state index in [1.807, 2.05) is 6.07 Å². The van der Waals surface area contributed by atoms with Gasteiger partial charge in [-0.15, -0.1) is 0 Å². The third-order valence-corrected chi connectivity index (χ3v) is 9.03. The summed E-state index contributed by atoms with van der Waals surface area (Å²) in [7, 11) is 0. The lowest BCUT2D eigenvalue weighted by Gasteiger charge is -2.39. The zero-order valence-corrected chi connectivity index (χ0v) is 22.9. The Morgan fingerprint density at radius 2 is 1.31 bits per heavy atom. The van der Waals surface area contributed by atoms with Gasteiger partial charge in [-0.25, -0.2) is 9.97 Å². The van der Waals surface area contributed by atoms with Crippen molar-refractivity contribution in [2.24, 2.45) is 0 Å². The van der Waals surface area contributed by atoms with Gasteiger partial charge in [-0.1, -0.05) is 115 Å². The second-order valence-corrected chi connectivity index (χ2v) is 11.2. The number of ether oxygens (including phenoxy) is 1. The number of rotatable bonds is 2. The van der Waals surface area contributed by atoms with Crippen molar-refractivity contribution in [2.75, 3.05) is 0 Å². The van der Waals surface area contributed by atoms with E-state index < -0.39 is 5.41 Å². The molecule has 6 aromatic rings. The molecule has 1 aromatic heterocycles. The molecule has 0 radical (unpaired) electrons. The molecule has 2 aliphatic carbocycles. The van der Waals surface area contributed by atoms with Crippen LogP contribution >= 0.6 is 0 Å². The molecule has 0 fully saturated rings. The molecule has 0 atom stereocenters. The van der Waals surface area contributed by atoms with E-state index in [1.165, 1.54) is 33.4 Å². The fourth-order valence-electron chi connectivity index (χ4n) is 7.25. The lowest BCUT2D eigenvalue weighted by molar-refractivity contribution is 0.436. The third-order valence-electron chi connectivity index (χ3n) is 9.03. The average Bonchev–Trinajstić information content (AvgIpc) is 3.35. The first-order valence-corrected chi connectivity index (χ1v) is 14.6. The van der Waals surface area contributed by atoms with Crippen LogP contribution in [0, 0.1) is 0 Å². The molecule has 0 unspecified atom stereocenters. The number of fused-ring (bicyclic) bond motifs is 10. The number of allylic oxidation sites excluding steroid dienone is 4. The summed E-state index contributed by atoms with van der Waals surface area (Å²) in [4.78, 5) is 10.2. The van der Waals surface area contributed by atoms with E-state index in [0.29, 0.717) is 5.82 Å². The molecule has 0 bridgehead atoms. The molecule has 2 heterocycles. The number of benzene rings is 5. The maximum atomic E-state index is 6.71. The third kappa shape index (κ3) is 3.16. The zero-order chi connectivity index (χ0) is 27.7. The van der Waals surface area contributed by atoms with Gasteiger partial charge in [0, 0.05) is 22.1 Å². The highest BCUT2D eigenvalue weighted by molar-refractivity contribution is 5.92. The molecule has 0 saturated carbocycles. The van der Waals surface area contributed by atoms with Crippen LogP contribution in [0.25, 0.3) is 39.0 Å². The van der Waals surface area contributed by atoms with Gasteiger partial charge >= 0.3 is 0 Å². The summed E-state index contributed by atoms with van der Waals surface area (Å²) >= 11 is 0. The molecule has 0 amide bonds. The monoisotopic (exact) mass is 538 g/mol. The molecule has 1 spiro atoms. The van der Waals surface area contributed by atoms with Crippen LogP contribution in [-0.2, 0) is 5.41 Å². The van der Waals surface area contributed by atoms with Crippen LogP contribution in [0.15, 0.2) is 133 Å². The van der Waals surface area contributed by atoms with E-state index >= 15 is 0 Å². The molecule has 3 aliphatic rings. The highest BCUT2D eigenvalue weighted by Gasteiger charge is 2.50. The lowest BCUT2D eigenvalue weighted by Crippen LogP contribution is -2.32. The molecule has 3 heteroatoms. The Morgan fingerprint density at radius 1 is 0.619 bits per heavy atom. The normalized spacial score (nSPS) is 15.4. The number of aromatic nitrogens is 2. The Hall–Kier alpha value is -5.28. The Morgan fingerprint density at radius 3 is 2.10 bits per heavy atom. The number of hydrogen-bond acceptors (Lipinski definition) is 3. The highest BCUT2D eigenvalue weighted by atomic mass is 16.5. The van der Waals surface area contributed by atoms with Crippen LogP contribution in [-0.4, -0.2) is 9.97 Å². The average molecular weight is 539 g/mol. The van der Waals surface area contributed by atoms with Crippen molar-refractivity contribution in [3.05, 3.63) is 161 Å². The summed E-state index contributed by atoms with van der Waals surface area (Å²) in [6.45, 7) is 0. The highest BCUT2D eigenvalue weighted by Crippen LogP contribution is 2.62. The van der Waals surface area contributed by atoms with Crippen molar-refractivity contribution < 1.29 is 4.74 Å². The molecular weight excluding hydrogens is 512 g/mol. The SMILES string of the molecule is C1=CCCC(c2nc(-c3ccc4c(c3)Oc3ccccc3C43c4ccccc4-c4ccccc43)nc3ccccc23)=C1. The maximum absolute atomic E-state index is 6.71. The fourth-order valence-corrected chi connectivity index (χ4v) is 7.25. The van der Waals surface area contributed by atoms with Crippen LogP contribution < -0.4 is 4.74 Å². The predicted molar refractivity (Wildman–Crippen MR) is 169 cm³/mol. The van der Waals surface area contributed by atoms with Crippen molar-refractivity contribution >= 4 is 16.5 Å². The minimum absolute atomic E-state index is 0.468. The molecule has 0 N–H and O–H groups in total. The smallest absolute Gasteiger partial charge is 0.160 e. The first-order chi connectivity index (χ1) is 20.8. The minimum Gasteiger partial charge on any atom is -0.457 e. The van der Waals surface area contributed by atoms with Crippen LogP contribution in [0.5, 0.6) is 11.5 Å². The Balaban J connectivity index is 1.30. The summed E-state index contributed by atoms with van der Waals surface area (Å²) < 4.78 is 6.71. The van der Waals surface area contributed by atoms with E-state index in [0.717, 1.165) is 52.1 Å². The summed E-state index contributed by atoms with van der Waals surface area (Å²) in [6, 6.07) is 41.0. The molecule has 42 heavy (non-hydrogen) atoms. The largest absolute Gasteiger partial charge is 0.457 e. The zero-order valence-electron chi connectivity index (χ0n) is 22.9. The van der Waals surface area contributed by atoms with Gasteiger partial charge in [0.15, 0.2) is 5.82 Å². The van der Waals surface area contributed by atoms with Crippen molar-refractivity contribution in [3.63, 3.8) is 0 Å². The minimum atomic E-state index is -0.468. The Bertz CT molecular complexity index is 2090. The van der Waals surface area contributed by atoms with Gasteiger partial charge in [0.1, 0.15) is 11.5 Å². The van der Waals surface area contributed by atoms with Gasteiger partial charge < -0.3 is 4.74 Å². The van der Waals surface area contributed by atoms with E-state index in [9.17, 15) is 0 Å². The molecular formula is C39H26N2O. The quantitative estimate of drug-likeness (QED) is 0.220. The van der Waals surface area contributed by atoms with Gasteiger partial charge in [-0.2, -0.15) is 0 Å². The van der Waals surface area contributed by atoms with Crippen LogP contribution in [0.1, 0.15) is 40.8 Å². The molecule has 5 aromatic carbocycles. The lowest BCUT2D eigenvalue weighted by atomic mass is 9.66. The standard InChI is InChI=1S/C39H26N2O/c1-2-12-25(13-3-1)37-29-16-6-10-20-34(29)40-38(41-37)26-22-23-33-36(24-26)42-35-21-11-9-19-32(35)39(33)30-17-7-4-14-27(30)28-15-5-8-18-31(28)39/h1-2,4-12,14-24H,3,13H2. The van der Waals surface area contributed by atoms with Gasteiger partial charge in [0.2, 0.25) is 0 Å². The van der Waals surface area contributed by atoms with Crippen molar-refractivity contribution in [1.29, 1.82) is 0 Å². The molecule has 9 rings (SSSR count). The second kappa shape index (κ2) is 8.86.